The number of Topliss-reactive ketones (excluding diaryl/α,β-unsaturated/α-hetero) is 1. The minimum Gasteiger partial charge on any atom is -0.543 e. The van der Waals surface area contributed by atoms with E-state index < -0.39 is 31.2 Å². The molecule has 386 valence electrons. The van der Waals surface area contributed by atoms with Crippen LogP contribution in [0.25, 0.3) is 0 Å². The number of ketones is 1. The Morgan fingerprint density at radius 2 is 1.07 bits per heavy atom. The quantitative estimate of drug-likeness (QED) is 0.147. The molecule has 0 aliphatic heterocycles. The van der Waals surface area contributed by atoms with Crippen LogP contribution in [0.4, 0.5) is 13.2 Å². The highest BCUT2D eigenvalue weighted by Gasteiger charge is 2.60. The first-order valence-electron chi connectivity index (χ1n) is 24.7. The SMILES string of the molecule is CC(C)(C)[Si](C)(C)Oc1cc(F)cc(Br)c1.CN(C)CC1CCC2CC2C1=O.CN(C)C[C@H]1CC[C@@H]2C[C@@H]2[C@]1(O)c1cc(O)cc(F)c1.CN(C)C[C@H]1CC[C@@H]2C[C@@H]2[C@]1(O)c1cc(O)cc(F)c1.Cl. The summed E-state index contributed by atoms with van der Waals surface area (Å²) in [6, 6.07) is 12.6. The van der Waals surface area contributed by atoms with Gasteiger partial charge in [0, 0.05) is 66.0 Å². The number of rotatable bonds is 10. The van der Waals surface area contributed by atoms with Crippen LogP contribution >= 0.6 is 28.3 Å². The van der Waals surface area contributed by atoms with Crippen molar-refractivity contribution in [3.8, 4) is 17.2 Å². The van der Waals surface area contributed by atoms with Gasteiger partial charge >= 0.3 is 0 Å². The molecule has 9 rings (SSSR count). The molecule has 15 heteroatoms. The Hall–Kier alpha value is -2.69. The van der Waals surface area contributed by atoms with Gasteiger partial charge in [-0.2, -0.15) is 0 Å². The van der Waals surface area contributed by atoms with Gasteiger partial charge in [-0.15, -0.1) is 12.4 Å². The number of phenols is 2. The van der Waals surface area contributed by atoms with Crippen molar-refractivity contribution in [2.45, 2.75) is 108 Å². The lowest BCUT2D eigenvalue weighted by atomic mass is 9.71. The lowest BCUT2D eigenvalue weighted by Crippen LogP contribution is -2.45. The first kappa shape index (κ1) is 57.2. The molecule has 3 aromatic rings. The lowest BCUT2D eigenvalue weighted by Gasteiger charge is -2.42. The topological polar surface area (TPSA) is 117 Å². The summed E-state index contributed by atoms with van der Waals surface area (Å²) in [5.74, 6) is 3.02. The summed E-state index contributed by atoms with van der Waals surface area (Å²) >= 11 is 3.27. The zero-order valence-electron chi connectivity index (χ0n) is 42.7. The fraction of sp³-hybridized carbons (Fsp3) is 0.648. The zero-order valence-corrected chi connectivity index (χ0v) is 46.1. The number of hydrogen-bond donors (Lipinski definition) is 4. The van der Waals surface area contributed by atoms with E-state index >= 15 is 0 Å². The Bertz CT molecular complexity index is 2080. The van der Waals surface area contributed by atoms with Gasteiger partial charge in [0.05, 0.1) is 11.2 Å². The van der Waals surface area contributed by atoms with Crippen LogP contribution in [0.1, 0.15) is 89.7 Å². The van der Waals surface area contributed by atoms with E-state index in [4.69, 9.17) is 4.43 Å². The van der Waals surface area contributed by atoms with Crippen molar-refractivity contribution in [2.75, 3.05) is 61.9 Å². The smallest absolute Gasteiger partial charge is 0.250 e. The van der Waals surface area contributed by atoms with Crippen LogP contribution in [0.15, 0.2) is 59.1 Å². The van der Waals surface area contributed by atoms with E-state index in [0.717, 1.165) is 82.6 Å². The molecule has 0 heterocycles. The predicted octanol–water partition coefficient (Wildman–Crippen LogP) is 11.2. The van der Waals surface area contributed by atoms with Crippen LogP contribution in [0.3, 0.4) is 0 Å². The van der Waals surface area contributed by atoms with Gasteiger partial charge in [0.15, 0.2) is 0 Å². The molecule has 0 aromatic heterocycles. The molecule has 3 unspecified atom stereocenters. The number of hydrogen-bond acceptors (Lipinski definition) is 9. The second-order valence-corrected chi connectivity index (χ2v) is 29.0. The number of aromatic hydroxyl groups is 2. The summed E-state index contributed by atoms with van der Waals surface area (Å²) in [6.07, 6.45) is 9.85. The van der Waals surface area contributed by atoms with Crippen LogP contribution in [0, 0.1) is 70.7 Å². The average molecular weight is 1070 g/mol. The number of fused-ring (bicyclic) bond motifs is 3. The van der Waals surface area contributed by atoms with Crippen LogP contribution < -0.4 is 4.43 Å². The summed E-state index contributed by atoms with van der Waals surface area (Å²) in [6.45, 7) is 13.3. The number of phenolic OH excluding ortho intramolecular Hbond substituents is 2. The van der Waals surface area contributed by atoms with Gasteiger partial charge in [0.1, 0.15) is 40.5 Å². The van der Waals surface area contributed by atoms with Crippen molar-refractivity contribution < 1.29 is 42.8 Å². The maximum Gasteiger partial charge on any atom is 0.250 e. The highest BCUT2D eigenvalue weighted by Crippen LogP contribution is 2.62. The molecule has 3 aromatic carbocycles. The Morgan fingerprint density at radius 1 is 0.638 bits per heavy atom. The minimum atomic E-state index is -1.88. The van der Waals surface area contributed by atoms with E-state index in [1.54, 1.807) is 0 Å². The first-order chi connectivity index (χ1) is 31.6. The predicted molar refractivity (Wildman–Crippen MR) is 277 cm³/mol. The first-order valence-corrected chi connectivity index (χ1v) is 28.4. The number of carbonyl (C=O) groups excluding carboxylic acids is 1. The molecule has 6 saturated carbocycles. The molecule has 11 atom stereocenters. The molecular weight excluding hydrogens is 987 g/mol. The average Bonchev–Trinajstić information content (AvgIpc) is 4.08. The van der Waals surface area contributed by atoms with E-state index in [1.165, 1.54) is 49.2 Å². The Balaban J connectivity index is 0.000000174. The molecule has 9 nitrogen and oxygen atoms in total. The molecule has 6 aliphatic rings. The van der Waals surface area contributed by atoms with E-state index in [2.05, 4.69) is 64.5 Å². The van der Waals surface area contributed by atoms with Crippen molar-refractivity contribution in [2.24, 2.45) is 53.3 Å². The third kappa shape index (κ3) is 14.1. The number of carbonyl (C=O) groups is 1. The molecule has 0 spiro atoms. The van der Waals surface area contributed by atoms with Gasteiger partial charge in [-0.3, -0.25) is 4.79 Å². The zero-order chi connectivity index (χ0) is 50.3. The van der Waals surface area contributed by atoms with Gasteiger partial charge in [-0.1, -0.05) is 36.7 Å². The van der Waals surface area contributed by atoms with E-state index in [-0.39, 0.29) is 58.4 Å². The van der Waals surface area contributed by atoms with Crippen molar-refractivity contribution in [1.29, 1.82) is 0 Å². The van der Waals surface area contributed by atoms with Gasteiger partial charge < -0.3 is 39.6 Å². The van der Waals surface area contributed by atoms with Gasteiger partial charge in [-0.05, 0) is 195 Å². The Morgan fingerprint density at radius 3 is 1.48 bits per heavy atom. The van der Waals surface area contributed by atoms with Crippen molar-refractivity contribution in [1.82, 2.24) is 14.7 Å². The Kier molecular flexibility index (Phi) is 18.7. The fourth-order valence-electron chi connectivity index (χ4n) is 11.4. The number of aliphatic hydroxyl groups is 2. The van der Waals surface area contributed by atoms with E-state index in [1.807, 2.05) is 48.4 Å². The molecule has 69 heavy (non-hydrogen) atoms. The molecule has 4 N–H and O–H groups in total. The van der Waals surface area contributed by atoms with Crippen molar-refractivity contribution in [3.05, 3.63) is 87.6 Å². The van der Waals surface area contributed by atoms with Crippen LogP contribution in [0.5, 0.6) is 17.2 Å². The van der Waals surface area contributed by atoms with E-state index in [9.17, 15) is 38.4 Å². The van der Waals surface area contributed by atoms with Crippen molar-refractivity contribution in [3.63, 3.8) is 0 Å². The van der Waals surface area contributed by atoms with E-state index in [0.29, 0.717) is 50.8 Å². The normalized spacial score (nSPS) is 30.7. The summed E-state index contributed by atoms with van der Waals surface area (Å²) < 4.78 is 47.1. The Labute approximate surface area is 425 Å². The molecule has 6 fully saturated rings. The maximum atomic E-state index is 13.6. The van der Waals surface area contributed by atoms with Crippen LogP contribution in [-0.2, 0) is 16.0 Å². The highest BCUT2D eigenvalue weighted by atomic mass is 79.9. The molecule has 0 bridgehead atoms. The van der Waals surface area contributed by atoms with Crippen LogP contribution in [-0.4, -0.2) is 111 Å². The molecular formula is C54H80BrClF3N3O6Si. The number of halogens is 5. The molecule has 0 amide bonds. The molecule has 6 aliphatic carbocycles. The largest absolute Gasteiger partial charge is 0.543 e. The highest BCUT2D eigenvalue weighted by molar-refractivity contribution is 9.10. The maximum absolute atomic E-state index is 13.6. The van der Waals surface area contributed by atoms with Gasteiger partial charge in [0.25, 0.3) is 0 Å². The monoisotopic (exact) mass is 1070 g/mol. The third-order valence-electron chi connectivity index (χ3n) is 16.0. The standard InChI is InChI=1S/2C16H22FNO2.C12H18BrFOSi.C10H17NO.ClH/c2*1-18(2)9-11-4-3-10-5-15(10)16(11,20)12-6-13(17)8-14(19)7-12;1-12(2,3)16(4,5)15-11-7-9(13)6-10(14)8-11;1-11(2)6-8-4-3-7-5-9(7)10(8)12;/h2*6-8,10-11,15,19-20H,3-5,9H2,1-2H3;6-8H,1-5H3;7-9H,3-6H2,1-2H3;1H/t2*10-,11-,15+,16-;;;/m11.../s1. The third-order valence-corrected chi connectivity index (χ3v) is 20.8. The minimum absolute atomic E-state index is 0. The number of benzene rings is 3. The second kappa shape index (κ2) is 22.6. The summed E-state index contributed by atoms with van der Waals surface area (Å²) in [4.78, 5) is 17.9. The van der Waals surface area contributed by atoms with Crippen LogP contribution in [0.2, 0.25) is 18.1 Å². The summed E-state index contributed by atoms with van der Waals surface area (Å²) in [7, 11) is 10.2. The summed E-state index contributed by atoms with van der Waals surface area (Å²) in [5, 5.41) is 42.0. The lowest BCUT2D eigenvalue weighted by molar-refractivity contribution is -0.126. The van der Waals surface area contributed by atoms with Gasteiger partial charge in [0.2, 0.25) is 8.32 Å². The van der Waals surface area contributed by atoms with Gasteiger partial charge in [-0.25, -0.2) is 13.2 Å². The summed E-state index contributed by atoms with van der Waals surface area (Å²) in [5.41, 5.74) is -0.942. The second-order valence-electron chi connectivity index (χ2n) is 23.3. The fourth-order valence-corrected chi connectivity index (χ4v) is 12.8. The van der Waals surface area contributed by atoms with Crippen molar-refractivity contribution >= 4 is 42.4 Å². The molecule has 0 radical (unpaired) electrons. The number of nitrogens with zero attached hydrogens (tertiary/aromatic N) is 3. The molecule has 0 saturated heterocycles.